The highest BCUT2D eigenvalue weighted by Crippen LogP contribution is 2.22. The molecular formula is C24H37NO3S. The third-order valence-corrected chi connectivity index (χ3v) is 6.31. The molecule has 0 fully saturated rings. The standard InChI is InChI=1S/C24H37NO3S/c1-2-3-4-5-6-7-8-9-10-11-12-13-14-15-16-19-29(26)24-25-20-23(28-24)22-17-18-27-21-22/h9-10,17-18,20-21H,2-8,11-16,19H2,1H3. The minimum absolute atomic E-state index is 0.316. The fourth-order valence-electron chi connectivity index (χ4n) is 3.29. The fourth-order valence-corrected chi connectivity index (χ4v) is 4.29. The highest BCUT2D eigenvalue weighted by atomic mass is 32.2. The Morgan fingerprint density at radius 2 is 1.59 bits per heavy atom. The summed E-state index contributed by atoms with van der Waals surface area (Å²) >= 11 is 0. The summed E-state index contributed by atoms with van der Waals surface area (Å²) in [6.45, 7) is 2.26. The van der Waals surface area contributed by atoms with Gasteiger partial charge in [0.25, 0.3) is 5.22 Å². The van der Waals surface area contributed by atoms with Crippen LogP contribution in [0.4, 0.5) is 0 Å². The molecule has 0 spiro atoms. The van der Waals surface area contributed by atoms with E-state index in [9.17, 15) is 4.21 Å². The molecule has 162 valence electrons. The van der Waals surface area contributed by atoms with E-state index < -0.39 is 10.8 Å². The highest BCUT2D eigenvalue weighted by Gasteiger charge is 2.13. The predicted octanol–water partition coefficient (Wildman–Crippen LogP) is 7.69. The predicted molar refractivity (Wildman–Crippen MR) is 120 cm³/mol. The summed E-state index contributed by atoms with van der Waals surface area (Å²) in [5.74, 6) is 1.22. The second kappa shape index (κ2) is 15.3. The molecule has 4 nitrogen and oxygen atoms in total. The van der Waals surface area contributed by atoms with Crippen molar-refractivity contribution in [2.75, 3.05) is 5.75 Å². The van der Waals surface area contributed by atoms with Gasteiger partial charge in [-0.1, -0.05) is 70.4 Å². The van der Waals surface area contributed by atoms with Crippen LogP contribution in [0.2, 0.25) is 0 Å². The molecule has 1 atom stereocenters. The molecule has 2 rings (SSSR count). The lowest BCUT2D eigenvalue weighted by molar-refractivity contribution is 0.454. The van der Waals surface area contributed by atoms with Crippen molar-refractivity contribution in [3.05, 3.63) is 36.9 Å². The number of allylic oxidation sites excluding steroid dienone is 2. The number of furan rings is 1. The van der Waals surface area contributed by atoms with Gasteiger partial charge in [-0.3, -0.25) is 0 Å². The summed E-state index contributed by atoms with van der Waals surface area (Å²) < 4.78 is 22.9. The van der Waals surface area contributed by atoms with Crippen molar-refractivity contribution < 1.29 is 13.0 Å². The molecule has 29 heavy (non-hydrogen) atoms. The van der Waals surface area contributed by atoms with Crippen LogP contribution in [0, 0.1) is 0 Å². The first-order valence-corrected chi connectivity index (χ1v) is 12.6. The maximum Gasteiger partial charge on any atom is 0.287 e. The molecule has 2 aromatic rings. The van der Waals surface area contributed by atoms with E-state index in [0.717, 1.165) is 18.4 Å². The number of rotatable bonds is 17. The van der Waals surface area contributed by atoms with Crippen molar-refractivity contribution in [1.82, 2.24) is 4.98 Å². The van der Waals surface area contributed by atoms with E-state index in [4.69, 9.17) is 8.83 Å². The van der Waals surface area contributed by atoms with Gasteiger partial charge in [0, 0.05) is 5.75 Å². The van der Waals surface area contributed by atoms with Gasteiger partial charge in [0.2, 0.25) is 0 Å². The van der Waals surface area contributed by atoms with Crippen molar-refractivity contribution >= 4 is 10.8 Å². The first-order valence-electron chi connectivity index (χ1n) is 11.3. The normalized spacial score (nSPS) is 12.7. The van der Waals surface area contributed by atoms with Crippen LogP contribution in [0.1, 0.15) is 90.4 Å². The van der Waals surface area contributed by atoms with Gasteiger partial charge in [-0.05, 0) is 38.2 Å². The monoisotopic (exact) mass is 419 g/mol. The second-order valence-electron chi connectivity index (χ2n) is 7.64. The largest absolute Gasteiger partial charge is 0.472 e. The molecule has 0 aliphatic heterocycles. The molecule has 0 saturated heterocycles. The lowest BCUT2D eigenvalue weighted by Crippen LogP contribution is -1.98. The number of nitrogens with zero attached hydrogens (tertiary/aromatic N) is 1. The van der Waals surface area contributed by atoms with Gasteiger partial charge in [0.05, 0.1) is 18.0 Å². The Morgan fingerprint density at radius 1 is 0.931 bits per heavy atom. The molecule has 2 heterocycles. The first-order chi connectivity index (χ1) is 14.3. The Kier molecular flexibility index (Phi) is 12.4. The van der Waals surface area contributed by atoms with Crippen molar-refractivity contribution in [3.63, 3.8) is 0 Å². The Labute approximate surface area is 178 Å². The molecule has 1 unspecified atom stereocenters. The van der Waals surface area contributed by atoms with E-state index in [1.54, 1.807) is 24.8 Å². The van der Waals surface area contributed by atoms with Gasteiger partial charge < -0.3 is 8.83 Å². The van der Waals surface area contributed by atoms with Gasteiger partial charge >= 0.3 is 0 Å². The van der Waals surface area contributed by atoms with E-state index in [1.807, 2.05) is 0 Å². The molecule has 0 amide bonds. The number of hydrogen-bond donors (Lipinski definition) is 0. The van der Waals surface area contributed by atoms with Gasteiger partial charge in [-0.15, -0.1) is 0 Å². The Balaban J connectivity index is 1.42. The van der Waals surface area contributed by atoms with E-state index in [-0.39, 0.29) is 0 Å². The Morgan fingerprint density at radius 3 is 2.24 bits per heavy atom. The van der Waals surface area contributed by atoms with Crippen LogP contribution in [0.25, 0.3) is 11.3 Å². The van der Waals surface area contributed by atoms with Crippen LogP contribution in [0.5, 0.6) is 0 Å². The van der Waals surface area contributed by atoms with Crippen molar-refractivity contribution in [2.24, 2.45) is 0 Å². The fraction of sp³-hybridized carbons (Fsp3) is 0.625. The van der Waals surface area contributed by atoms with Crippen molar-refractivity contribution in [3.8, 4) is 11.3 Å². The Bertz CT molecular complexity index is 691. The summed E-state index contributed by atoms with van der Waals surface area (Å²) in [5, 5.41) is 0.316. The smallest absolute Gasteiger partial charge is 0.287 e. The van der Waals surface area contributed by atoms with E-state index in [0.29, 0.717) is 16.7 Å². The third-order valence-electron chi connectivity index (χ3n) is 5.08. The molecule has 5 heteroatoms. The Hall–Kier alpha value is -1.62. The van der Waals surface area contributed by atoms with Crippen LogP contribution in [0.3, 0.4) is 0 Å². The molecule has 0 radical (unpaired) electrons. The molecule has 0 aromatic carbocycles. The van der Waals surface area contributed by atoms with Crippen LogP contribution in [-0.2, 0) is 10.8 Å². The maximum atomic E-state index is 12.3. The summed E-state index contributed by atoms with van der Waals surface area (Å²) in [4.78, 5) is 4.14. The lowest BCUT2D eigenvalue weighted by Gasteiger charge is -2.00. The van der Waals surface area contributed by atoms with Crippen molar-refractivity contribution in [2.45, 2.75) is 95.6 Å². The molecule has 0 aliphatic carbocycles. The number of aromatic nitrogens is 1. The molecule has 0 aliphatic rings. The molecule has 0 N–H and O–H groups in total. The summed E-state index contributed by atoms with van der Waals surface area (Å²) in [6, 6.07) is 1.80. The zero-order valence-electron chi connectivity index (χ0n) is 17.9. The summed E-state index contributed by atoms with van der Waals surface area (Å²) in [6.07, 6.45) is 25.9. The second-order valence-corrected chi connectivity index (χ2v) is 9.08. The molecule has 0 saturated carbocycles. The topological polar surface area (TPSA) is 56.2 Å². The molecule has 2 aromatic heterocycles. The zero-order chi connectivity index (χ0) is 20.6. The van der Waals surface area contributed by atoms with Crippen LogP contribution < -0.4 is 0 Å². The lowest BCUT2D eigenvalue weighted by atomic mass is 10.1. The number of hydrogen-bond acceptors (Lipinski definition) is 4. The first kappa shape index (κ1) is 23.7. The van der Waals surface area contributed by atoms with Crippen LogP contribution in [0.15, 0.2) is 51.0 Å². The highest BCUT2D eigenvalue weighted by molar-refractivity contribution is 7.84. The van der Waals surface area contributed by atoms with Gasteiger partial charge in [-0.2, -0.15) is 0 Å². The van der Waals surface area contributed by atoms with Crippen LogP contribution >= 0.6 is 0 Å². The molecule has 0 bridgehead atoms. The third kappa shape index (κ3) is 10.1. The molecular weight excluding hydrogens is 382 g/mol. The summed E-state index contributed by atoms with van der Waals surface area (Å²) in [5.41, 5.74) is 0.821. The average Bonchev–Trinajstić information content (AvgIpc) is 3.42. The minimum Gasteiger partial charge on any atom is -0.472 e. The summed E-state index contributed by atoms with van der Waals surface area (Å²) in [7, 11) is -1.16. The number of unbranched alkanes of at least 4 members (excludes halogenated alkanes) is 11. The van der Waals surface area contributed by atoms with Crippen molar-refractivity contribution in [1.29, 1.82) is 0 Å². The quantitative estimate of drug-likeness (QED) is 0.195. The number of oxazole rings is 1. The minimum atomic E-state index is -1.16. The van der Waals surface area contributed by atoms with E-state index in [2.05, 4.69) is 24.1 Å². The average molecular weight is 420 g/mol. The zero-order valence-corrected chi connectivity index (χ0v) is 18.8. The van der Waals surface area contributed by atoms with Gasteiger partial charge in [0.15, 0.2) is 5.76 Å². The SMILES string of the molecule is CCCCCCCCC=CCCCCCCCS(=O)c1ncc(-c2ccoc2)o1. The van der Waals surface area contributed by atoms with Gasteiger partial charge in [0.1, 0.15) is 17.1 Å². The maximum absolute atomic E-state index is 12.3. The van der Waals surface area contributed by atoms with E-state index >= 15 is 0 Å². The van der Waals surface area contributed by atoms with E-state index in [1.165, 1.54) is 70.6 Å². The van der Waals surface area contributed by atoms with Crippen LogP contribution in [-0.4, -0.2) is 14.9 Å². The van der Waals surface area contributed by atoms with Gasteiger partial charge in [-0.25, -0.2) is 9.19 Å².